The lowest BCUT2D eigenvalue weighted by atomic mass is 9.54. The van der Waals surface area contributed by atoms with E-state index < -0.39 is 107 Å². The van der Waals surface area contributed by atoms with E-state index in [2.05, 4.69) is 0 Å². The molecular weight excluding hydrogens is 572 g/mol. The summed E-state index contributed by atoms with van der Waals surface area (Å²) in [5.41, 5.74) is -1.17. The van der Waals surface area contributed by atoms with Gasteiger partial charge in [-0.25, -0.2) is 0 Å². The molecule has 1 saturated carbocycles. The number of likely N-dealkylation sites (N-methyl/N-ethyl adjacent to an activating group) is 1. The van der Waals surface area contributed by atoms with Gasteiger partial charge in [0.15, 0.2) is 11.4 Å². The van der Waals surface area contributed by atoms with Crippen molar-refractivity contribution in [2.45, 2.75) is 61.3 Å². The van der Waals surface area contributed by atoms with Crippen molar-refractivity contribution in [2.24, 2.45) is 17.6 Å². The lowest BCUT2D eigenvalue weighted by Crippen LogP contribution is -2.67. The van der Waals surface area contributed by atoms with Gasteiger partial charge in [-0.3, -0.25) is 19.3 Å². The van der Waals surface area contributed by atoms with Crippen LogP contribution >= 0.6 is 0 Å². The number of carbonyl (C=O) groups excluding carboxylic acids is 3. The summed E-state index contributed by atoms with van der Waals surface area (Å²) in [5, 5.41) is 86.6. The second-order valence-corrected chi connectivity index (χ2v) is 11.8. The number of Topliss-reactive ketones (excluding diaryl/α,β-unsaturated/α-hetero) is 2. The Balaban J connectivity index is 1.67. The van der Waals surface area contributed by atoms with E-state index in [0.29, 0.717) is 0 Å². The third kappa shape index (κ3) is 4.22. The Morgan fingerprint density at radius 3 is 2.35 bits per heavy atom. The molecule has 1 aromatic rings. The van der Waals surface area contributed by atoms with Gasteiger partial charge >= 0.3 is 0 Å². The summed E-state index contributed by atoms with van der Waals surface area (Å²) in [7, 11) is 2.93. The lowest BCUT2D eigenvalue weighted by molar-refractivity contribution is -0.277. The Kier molecular flexibility index (Phi) is 7.47. The number of carbonyl (C=O) groups is 3. The van der Waals surface area contributed by atoms with E-state index in [9.17, 15) is 55.2 Å². The van der Waals surface area contributed by atoms with E-state index in [-0.39, 0.29) is 23.3 Å². The highest BCUT2D eigenvalue weighted by Gasteiger charge is 2.66. The fourth-order valence-corrected chi connectivity index (χ4v) is 6.88. The van der Waals surface area contributed by atoms with Crippen LogP contribution in [0.3, 0.4) is 0 Å². The fourth-order valence-electron chi connectivity index (χ4n) is 6.88. The average molecular weight is 607 g/mol. The summed E-state index contributed by atoms with van der Waals surface area (Å²) >= 11 is 0. The van der Waals surface area contributed by atoms with Gasteiger partial charge in [0.05, 0.1) is 23.8 Å². The zero-order valence-electron chi connectivity index (χ0n) is 23.4. The number of aliphatic hydroxyl groups is 8. The molecule has 5 rings (SSSR count). The molecule has 10 N–H and O–H groups in total. The molecule has 15 nitrogen and oxygen atoms in total. The van der Waals surface area contributed by atoms with Gasteiger partial charge in [0.1, 0.15) is 47.3 Å². The molecular formula is C28H34N2O13. The molecule has 3 aliphatic carbocycles. The van der Waals surface area contributed by atoms with Crippen LogP contribution in [0, 0.1) is 11.8 Å². The summed E-state index contributed by atoms with van der Waals surface area (Å²) in [6.45, 7) is 0.608. The van der Waals surface area contributed by atoms with Crippen molar-refractivity contribution < 1.29 is 64.7 Å². The molecule has 1 aliphatic heterocycles. The van der Waals surface area contributed by atoms with E-state index in [4.69, 9.17) is 15.2 Å². The SMILES string of the molecule is CN(C)[C@H]1C(=O)C(C(N)=O)=C(O)[C@]2(O)C(=O)C3=C(O)c4c(O[C@H]5O[C@@H](CO)[C@@H](O)[C@@H](O)[C@@H]5O)cccc4[C@](C)(O)[C@@H]3C[C@H]12. The lowest BCUT2D eigenvalue weighted by Gasteiger charge is -2.53. The van der Waals surface area contributed by atoms with E-state index >= 15 is 0 Å². The number of ether oxygens (including phenoxy) is 2. The molecule has 0 spiro atoms. The van der Waals surface area contributed by atoms with Gasteiger partial charge in [-0.2, -0.15) is 0 Å². The van der Waals surface area contributed by atoms with E-state index in [1.807, 2.05) is 0 Å². The summed E-state index contributed by atoms with van der Waals surface area (Å²) in [5.74, 6) is -8.44. The number of aliphatic hydroxyl groups excluding tert-OH is 6. The third-order valence-electron chi connectivity index (χ3n) is 9.10. The number of ketones is 2. The highest BCUT2D eigenvalue weighted by atomic mass is 16.7. The smallest absolute Gasteiger partial charge is 0.255 e. The van der Waals surface area contributed by atoms with Crippen molar-refractivity contribution in [1.29, 1.82) is 0 Å². The number of nitrogens with zero attached hydrogens (tertiary/aromatic N) is 1. The third-order valence-corrected chi connectivity index (χ3v) is 9.10. The molecule has 4 aliphatic rings. The topological polar surface area (TPSA) is 261 Å². The number of hydrogen-bond donors (Lipinski definition) is 9. The van der Waals surface area contributed by atoms with Crippen LogP contribution in [0.5, 0.6) is 5.75 Å². The molecule has 0 aromatic heterocycles. The number of hydrogen-bond acceptors (Lipinski definition) is 14. The van der Waals surface area contributed by atoms with E-state index in [0.717, 1.165) is 0 Å². The summed E-state index contributed by atoms with van der Waals surface area (Å²) in [4.78, 5) is 40.9. The maximum atomic E-state index is 14.1. The molecule has 1 aromatic carbocycles. The normalized spacial score (nSPS) is 39.4. The van der Waals surface area contributed by atoms with Crippen molar-refractivity contribution in [3.8, 4) is 5.75 Å². The highest BCUT2D eigenvalue weighted by Crippen LogP contribution is 2.57. The molecule has 15 heteroatoms. The Morgan fingerprint density at radius 2 is 1.77 bits per heavy atom. The van der Waals surface area contributed by atoms with Crippen LogP contribution in [-0.4, -0.2) is 126 Å². The van der Waals surface area contributed by atoms with Gasteiger partial charge in [-0.15, -0.1) is 0 Å². The van der Waals surface area contributed by atoms with Crippen molar-refractivity contribution in [3.05, 3.63) is 46.2 Å². The zero-order chi connectivity index (χ0) is 31.9. The zero-order valence-corrected chi connectivity index (χ0v) is 23.4. The number of fused-ring (bicyclic) bond motifs is 3. The van der Waals surface area contributed by atoms with E-state index in [1.165, 1.54) is 44.1 Å². The maximum Gasteiger partial charge on any atom is 0.255 e. The molecule has 10 atom stereocenters. The predicted octanol–water partition coefficient (Wildman–Crippen LogP) is -2.90. The Hall–Kier alpha value is -3.41. The molecule has 234 valence electrons. The van der Waals surface area contributed by atoms with Crippen LogP contribution < -0.4 is 10.5 Å². The molecule has 0 bridgehead atoms. The minimum Gasteiger partial charge on any atom is -0.508 e. The average Bonchev–Trinajstić information content (AvgIpc) is 2.93. The van der Waals surface area contributed by atoms with E-state index in [1.54, 1.807) is 0 Å². The van der Waals surface area contributed by atoms with Crippen molar-refractivity contribution in [1.82, 2.24) is 4.90 Å². The minimum atomic E-state index is -2.88. The molecule has 0 radical (unpaired) electrons. The fraction of sp³-hybridized carbons (Fsp3) is 0.536. The first-order chi connectivity index (χ1) is 20.0. The number of nitrogens with two attached hydrogens (primary N) is 1. The first-order valence-corrected chi connectivity index (χ1v) is 13.5. The van der Waals surface area contributed by atoms with Crippen molar-refractivity contribution >= 4 is 23.2 Å². The van der Waals surface area contributed by atoms with Gasteiger partial charge in [-0.1, -0.05) is 12.1 Å². The Morgan fingerprint density at radius 1 is 1.12 bits per heavy atom. The standard InChI is InChI=1S/C28H34N2O13/c1-27(40)9-5-4-6-12(42-26-22(36)21(35)18(32)13(8-31)43-26)14(9)19(33)15-10(27)7-11-17(30(2)3)20(34)16(25(29)39)24(38)28(11,41)23(15)37/h4-6,10-11,13,17-18,21-22,26,31-33,35-36,38,40-41H,7-8H2,1-3H3,(H2,29,39)/t10-,11-,13+,17-,18-,21-,22+,26+,27+,28-/m1/s1. The summed E-state index contributed by atoms with van der Waals surface area (Å²) < 4.78 is 11.2. The Labute approximate surface area is 244 Å². The number of amides is 1. The Bertz CT molecular complexity index is 1450. The largest absolute Gasteiger partial charge is 0.508 e. The van der Waals surface area contributed by atoms with Gasteiger partial charge < -0.3 is 56.1 Å². The van der Waals surface area contributed by atoms with Crippen LogP contribution in [0.4, 0.5) is 0 Å². The molecule has 0 unspecified atom stereocenters. The van der Waals surface area contributed by atoms with Gasteiger partial charge in [0.2, 0.25) is 12.1 Å². The van der Waals surface area contributed by atoms with Crippen LogP contribution in [0.2, 0.25) is 0 Å². The molecule has 2 fully saturated rings. The summed E-state index contributed by atoms with van der Waals surface area (Å²) in [6, 6.07) is 2.86. The maximum absolute atomic E-state index is 14.1. The van der Waals surface area contributed by atoms with Gasteiger partial charge in [0.25, 0.3) is 5.91 Å². The first kappa shape index (κ1) is 31.0. The van der Waals surface area contributed by atoms with Crippen LogP contribution in [0.1, 0.15) is 24.5 Å². The van der Waals surface area contributed by atoms with Gasteiger partial charge in [-0.05, 0) is 39.1 Å². The second kappa shape index (κ2) is 10.3. The van der Waals surface area contributed by atoms with Crippen LogP contribution in [0.15, 0.2) is 35.1 Å². The van der Waals surface area contributed by atoms with Crippen molar-refractivity contribution in [3.63, 3.8) is 0 Å². The highest BCUT2D eigenvalue weighted by molar-refractivity contribution is 6.24. The molecule has 1 heterocycles. The summed E-state index contributed by atoms with van der Waals surface area (Å²) in [6.07, 6.45) is -8.59. The molecule has 1 amide bonds. The van der Waals surface area contributed by atoms with Crippen LogP contribution in [-0.2, 0) is 24.7 Å². The predicted molar refractivity (Wildman–Crippen MR) is 143 cm³/mol. The van der Waals surface area contributed by atoms with Gasteiger partial charge in [0, 0.05) is 17.4 Å². The minimum absolute atomic E-state index is 0.0557. The number of rotatable bonds is 5. The monoisotopic (exact) mass is 606 g/mol. The quantitative estimate of drug-likeness (QED) is 0.152. The number of primary amides is 1. The molecule has 1 saturated heterocycles. The van der Waals surface area contributed by atoms with Crippen molar-refractivity contribution in [2.75, 3.05) is 20.7 Å². The molecule has 43 heavy (non-hydrogen) atoms. The number of benzene rings is 1. The second-order valence-electron chi connectivity index (χ2n) is 11.8. The first-order valence-electron chi connectivity index (χ1n) is 13.5. The van der Waals surface area contributed by atoms with Crippen LogP contribution in [0.25, 0.3) is 5.76 Å².